The van der Waals surface area contributed by atoms with E-state index in [0.29, 0.717) is 23.0 Å². The molecule has 2 aromatic rings. The van der Waals surface area contributed by atoms with Crippen molar-refractivity contribution < 1.29 is 9.53 Å². The third-order valence-corrected chi connectivity index (χ3v) is 3.18. The molecule has 134 valence electrons. The molecule has 0 saturated carbocycles. The Morgan fingerprint density at radius 3 is 2.69 bits per heavy atom. The number of hydrogen-bond donors (Lipinski definition) is 3. The number of nitrogens with two attached hydrogens (primary N) is 1. The van der Waals surface area contributed by atoms with Gasteiger partial charge in [-0.2, -0.15) is 0 Å². The monoisotopic (exact) mass is 351 g/mol. The van der Waals surface area contributed by atoms with E-state index >= 15 is 0 Å². The van der Waals surface area contributed by atoms with E-state index in [1.807, 2.05) is 19.9 Å². The van der Waals surface area contributed by atoms with Crippen LogP contribution >= 0.6 is 0 Å². The lowest BCUT2D eigenvalue weighted by molar-refractivity contribution is 0.262. The third kappa shape index (κ3) is 5.48. The summed E-state index contributed by atoms with van der Waals surface area (Å²) in [5.41, 5.74) is 7.66. The maximum atomic E-state index is 12.3. The van der Waals surface area contributed by atoms with E-state index in [9.17, 15) is 4.79 Å². The molecule has 0 aliphatic rings. The number of aromatic nitrogens is 2. The Labute approximate surface area is 152 Å². The zero-order chi connectivity index (χ0) is 18.9. The molecular formula is C19H21N5O2. The molecule has 0 unspecified atom stereocenters. The Morgan fingerprint density at radius 2 is 2.04 bits per heavy atom. The topological polar surface area (TPSA) is 102 Å². The predicted octanol–water partition coefficient (Wildman–Crippen LogP) is 3.66. The van der Waals surface area contributed by atoms with Gasteiger partial charge < -0.3 is 15.8 Å². The number of amides is 2. The molecule has 0 radical (unpaired) electrons. The molecule has 4 N–H and O–H groups in total. The lowest BCUT2D eigenvalue weighted by Gasteiger charge is -2.14. The summed E-state index contributed by atoms with van der Waals surface area (Å²) in [5.74, 6) is 1.30. The first kappa shape index (κ1) is 18.7. The van der Waals surface area contributed by atoms with Gasteiger partial charge in [-0.1, -0.05) is 18.7 Å². The minimum Gasteiger partial charge on any atom is -0.455 e. The first-order valence-corrected chi connectivity index (χ1v) is 7.88. The number of carbonyl (C=O) groups excluding carboxylic acids is 1. The molecule has 1 heterocycles. The van der Waals surface area contributed by atoms with Crippen LogP contribution in [0.2, 0.25) is 0 Å². The highest BCUT2D eigenvalue weighted by Gasteiger charge is 2.10. The Morgan fingerprint density at radius 1 is 1.23 bits per heavy atom. The molecule has 2 rings (SSSR count). The van der Waals surface area contributed by atoms with Gasteiger partial charge in [-0.25, -0.2) is 9.78 Å². The molecule has 0 saturated heterocycles. The number of urea groups is 1. The van der Waals surface area contributed by atoms with E-state index in [1.54, 1.807) is 36.6 Å². The van der Waals surface area contributed by atoms with E-state index in [2.05, 4.69) is 27.2 Å². The van der Waals surface area contributed by atoms with Crippen molar-refractivity contribution in [1.29, 1.82) is 0 Å². The van der Waals surface area contributed by atoms with Crippen LogP contribution in [-0.2, 0) is 0 Å². The van der Waals surface area contributed by atoms with Gasteiger partial charge in [-0.15, -0.1) is 0 Å². The molecule has 1 aromatic heterocycles. The van der Waals surface area contributed by atoms with Crippen LogP contribution in [0, 0.1) is 13.8 Å². The second-order valence-electron chi connectivity index (χ2n) is 5.39. The average Bonchev–Trinajstić information content (AvgIpc) is 2.60. The summed E-state index contributed by atoms with van der Waals surface area (Å²) in [4.78, 5) is 20.4. The third-order valence-electron chi connectivity index (χ3n) is 3.18. The summed E-state index contributed by atoms with van der Waals surface area (Å²) in [5, 5.41) is 5.38. The Bertz CT molecular complexity index is 842. The van der Waals surface area contributed by atoms with Crippen molar-refractivity contribution in [3.05, 3.63) is 78.6 Å². The standard InChI is InChI=1S/C19H21N5O2/c1-4-5-15(8-9-20)26-17-7-6-13(2)10-16(17)23-19(25)24-18-12-21-14(3)11-22-18/h4-12H,1,20H2,2-3H3,(H2,22,23,24,25)/b9-8-,15-5+. The van der Waals surface area contributed by atoms with E-state index < -0.39 is 6.03 Å². The number of aryl methyl sites for hydroxylation is 2. The number of carbonyl (C=O) groups is 1. The summed E-state index contributed by atoms with van der Waals surface area (Å²) in [7, 11) is 0. The number of ether oxygens (including phenoxy) is 1. The summed E-state index contributed by atoms with van der Waals surface area (Å²) in [6.07, 6.45) is 9.25. The molecule has 0 spiro atoms. The highest BCUT2D eigenvalue weighted by atomic mass is 16.5. The van der Waals surface area contributed by atoms with Gasteiger partial charge in [0, 0.05) is 0 Å². The molecule has 2 amide bonds. The quantitative estimate of drug-likeness (QED) is 0.544. The second-order valence-corrected chi connectivity index (χ2v) is 5.39. The van der Waals surface area contributed by atoms with Crippen molar-refractivity contribution in [3.63, 3.8) is 0 Å². The molecule has 7 heteroatoms. The highest BCUT2D eigenvalue weighted by Crippen LogP contribution is 2.28. The molecule has 7 nitrogen and oxygen atoms in total. The fourth-order valence-electron chi connectivity index (χ4n) is 2.02. The minimum atomic E-state index is -0.456. The molecule has 26 heavy (non-hydrogen) atoms. The molecule has 0 aliphatic heterocycles. The summed E-state index contributed by atoms with van der Waals surface area (Å²) < 4.78 is 5.80. The Balaban J connectivity index is 2.18. The number of hydrogen-bond acceptors (Lipinski definition) is 5. The van der Waals surface area contributed by atoms with E-state index in [4.69, 9.17) is 10.5 Å². The van der Waals surface area contributed by atoms with Gasteiger partial charge in [0.2, 0.25) is 0 Å². The summed E-state index contributed by atoms with van der Waals surface area (Å²) in [6.45, 7) is 7.37. The number of anilines is 2. The number of nitrogens with one attached hydrogen (secondary N) is 2. The van der Waals surface area contributed by atoms with Gasteiger partial charge in [-0.05, 0) is 49.9 Å². The number of nitrogens with zero attached hydrogens (tertiary/aromatic N) is 2. The zero-order valence-electron chi connectivity index (χ0n) is 14.7. The fraction of sp³-hybridized carbons (Fsp3) is 0.105. The highest BCUT2D eigenvalue weighted by molar-refractivity contribution is 6.00. The van der Waals surface area contributed by atoms with Crippen molar-refractivity contribution in [1.82, 2.24) is 9.97 Å². The molecule has 0 aliphatic carbocycles. The van der Waals surface area contributed by atoms with Gasteiger partial charge in [0.1, 0.15) is 5.76 Å². The summed E-state index contributed by atoms with van der Waals surface area (Å²) >= 11 is 0. The molecular weight excluding hydrogens is 330 g/mol. The van der Waals surface area contributed by atoms with Gasteiger partial charge in [0.25, 0.3) is 0 Å². The van der Waals surface area contributed by atoms with Crippen LogP contribution in [0.5, 0.6) is 5.75 Å². The van der Waals surface area contributed by atoms with Crippen LogP contribution in [0.3, 0.4) is 0 Å². The lowest BCUT2D eigenvalue weighted by Crippen LogP contribution is -2.20. The number of benzene rings is 1. The van der Waals surface area contributed by atoms with Gasteiger partial charge in [-0.3, -0.25) is 10.3 Å². The first-order chi connectivity index (χ1) is 12.5. The number of allylic oxidation sites excluding steroid dienone is 3. The molecule has 0 atom stereocenters. The second kappa shape index (κ2) is 9.03. The van der Waals surface area contributed by atoms with Crippen LogP contribution in [0.25, 0.3) is 0 Å². The lowest BCUT2D eigenvalue weighted by atomic mass is 10.2. The molecule has 0 bridgehead atoms. The van der Waals surface area contributed by atoms with Crippen molar-refractivity contribution in [2.24, 2.45) is 5.73 Å². The van der Waals surface area contributed by atoms with Crippen molar-refractivity contribution in [3.8, 4) is 5.75 Å². The number of rotatable bonds is 6. The Kier molecular flexibility index (Phi) is 6.50. The van der Waals surface area contributed by atoms with Crippen LogP contribution in [0.1, 0.15) is 11.3 Å². The van der Waals surface area contributed by atoms with Gasteiger partial charge in [0.15, 0.2) is 11.6 Å². The molecule has 0 fully saturated rings. The van der Waals surface area contributed by atoms with Crippen LogP contribution in [-0.4, -0.2) is 16.0 Å². The van der Waals surface area contributed by atoms with Crippen LogP contribution < -0.4 is 21.1 Å². The largest absolute Gasteiger partial charge is 0.455 e. The van der Waals surface area contributed by atoms with Gasteiger partial charge in [0.05, 0.1) is 23.8 Å². The minimum absolute atomic E-state index is 0.349. The van der Waals surface area contributed by atoms with E-state index in [-0.39, 0.29) is 0 Å². The zero-order valence-corrected chi connectivity index (χ0v) is 14.7. The average molecular weight is 351 g/mol. The SMILES string of the molecule is C=C/C=C(\C=C/N)Oc1ccc(C)cc1NC(=O)Nc1cnc(C)cn1. The van der Waals surface area contributed by atoms with Crippen molar-refractivity contribution in [2.75, 3.05) is 10.6 Å². The smallest absolute Gasteiger partial charge is 0.325 e. The van der Waals surface area contributed by atoms with E-state index in [0.717, 1.165) is 11.3 Å². The van der Waals surface area contributed by atoms with Crippen molar-refractivity contribution >= 4 is 17.5 Å². The molecule has 1 aromatic carbocycles. The first-order valence-electron chi connectivity index (χ1n) is 7.88. The predicted molar refractivity (Wildman–Crippen MR) is 103 cm³/mol. The Hall–Kier alpha value is -3.61. The van der Waals surface area contributed by atoms with Crippen molar-refractivity contribution in [2.45, 2.75) is 13.8 Å². The summed E-state index contributed by atoms with van der Waals surface area (Å²) in [6, 6.07) is 4.98. The normalized spacial score (nSPS) is 11.2. The fourth-order valence-corrected chi connectivity index (χ4v) is 2.02. The maximum absolute atomic E-state index is 12.3. The van der Waals surface area contributed by atoms with Crippen LogP contribution in [0.4, 0.5) is 16.3 Å². The van der Waals surface area contributed by atoms with Gasteiger partial charge >= 0.3 is 6.03 Å². The van der Waals surface area contributed by atoms with Crippen LogP contribution in [0.15, 0.2) is 67.4 Å². The maximum Gasteiger partial charge on any atom is 0.325 e. The van der Waals surface area contributed by atoms with E-state index in [1.165, 1.54) is 12.4 Å².